The van der Waals surface area contributed by atoms with E-state index in [-0.39, 0.29) is 30.3 Å². The fourth-order valence-electron chi connectivity index (χ4n) is 1.74. The average molecular weight is 301 g/mol. The van der Waals surface area contributed by atoms with Gasteiger partial charge in [-0.3, -0.25) is 4.79 Å². The van der Waals surface area contributed by atoms with Gasteiger partial charge in [-0.15, -0.1) is 12.4 Å². The van der Waals surface area contributed by atoms with Crippen LogP contribution in [0.1, 0.15) is 19.4 Å². The fourth-order valence-corrected chi connectivity index (χ4v) is 1.74. The lowest BCUT2D eigenvalue weighted by atomic mass is 9.93. The van der Waals surface area contributed by atoms with Crippen LogP contribution in [0.25, 0.3) is 0 Å². The highest BCUT2D eigenvalue weighted by Gasteiger charge is 2.20. The summed E-state index contributed by atoms with van der Waals surface area (Å²) in [6.45, 7) is 5.84. The largest absolute Gasteiger partial charge is 0.367 e. The lowest BCUT2D eigenvalue weighted by Crippen LogP contribution is -2.41. The number of likely N-dealkylation sites (N-methyl/N-ethyl adjacent to an activating group) is 1. The van der Waals surface area contributed by atoms with Crippen LogP contribution in [0.15, 0.2) is 30.3 Å². The summed E-state index contributed by atoms with van der Waals surface area (Å²) in [5, 5.41) is 0. The maximum Gasteiger partial charge on any atom is 0.248 e. The van der Waals surface area contributed by atoms with Gasteiger partial charge in [0, 0.05) is 13.6 Å². The Hall–Kier alpha value is -1.10. The van der Waals surface area contributed by atoms with Crippen LogP contribution in [0.5, 0.6) is 0 Å². The van der Waals surface area contributed by atoms with E-state index in [0.717, 1.165) is 5.56 Å². The van der Waals surface area contributed by atoms with Crippen LogP contribution in [-0.2, 0) is 16.1 Å². The molecule has 0 aliphatic carbocycles. The molecular formula is C15H25ClN2O2. The molecule has 5 heteroatoms. The van der Waals surface area contributed by atoms with Crippen molar-refractivity contribution >= 4 is 18.3 Å². The number of halogens is 1. The van der Waals surface area contributed by atoms with Crippen molar-refractivity contribution in [2.75, 3.05) is 26.7 Å². The third-order valence-electron chi connectivity index (χ3n) is 2.98. The van der Waals surface area contributed by atoms with E-state index in [0.29, 0.717) is 19.7 Å². The molecule has 4 nitrogen and oxygen atoms in total. The number of hydrogen-bond acceptors (Lipinski definition) is 3. The van der Waals surface area contributed by atoms with E-state index in [1.807, 2.05) is 44.2 Å². The van der Waals surface area contributed by atoms with Gasteiger partial charge in [-0.25, -0.2) is 0 Å². The van der Waals surface area contributed by atoms with E-state index in [4.69, 9.17) is 10.5 Å². The van der Waals surface area contributed by atoms with Gasteiger partial charge in [0.1, 0.15) is 6.61 Å². The molecule has 1 aromatic rings. The molecule has 0 saturated heterocycles. The standard InChI is InChI=1S/C15H24N2O2.ClH/c1-15(2,11-16)12-17(3)14(18)10-19-9-13-7-5-4-6-8-13;/h4-8H,9-12,16H2,1-3H3;1H. The molecule has 1 amide bonds. The van der Waals surface area contributed by atoms with Gasteiger partial charge in [0.15, 0.2) is 0 Å². The number of rotatable bonds is 7. The Kier molecular flexibility index (Phi) is 8.46. The third-order valence-corrected chi connectivity index (χ3v) is 2.98. The first-order valence-electron chi connectivity index (χ1n) is 6.50. The maximum absolute atomic E-state index is 11.9. The van der Waals surface area contributed by atoms with Crippen molar-refractivity contribution in [2.45, 2.75) is 20.5 Å². The molecule has 0 radical (unpaired) electrons. The Bertz CT molecular complexity index is 396. The zero-order chi connectivity index (χ0) is 14.3. The van der Waals surface area contributed by atoms with Crippen molar-refractivity contribution in [3.05, 3.63) is 35.9 Å². The number of hydrogen-bond donors (Lipinski definition) is 1. The lowest BCUT2D eigenvalue weighted by molar-refractivity contribution is -0.136. The first-order chi connectivity index (χ1) is 8.94. The second kappa shape index (κ2) is 8.95. The van der Waals surface area contributed by atoms with E-state index >= 15 is 0 Å². The van der Waals surface area contributed by atoms with Gasteiger partial charge in [0.2, 0.25) is 5.91 Å². The minimum Gasteiger partial charge on any atom is -0.367 e. The number of carbonyl (C=O) groups is 1. The molecule has 0 atom stereocenters. The molecule has 0 aliphatic rings. The molecule has 1 rings (SSSR count). The summed E-state index contributed by atoms with van der Waals surface area (Å²) in [5.74, 6) is -0.0162. The van der Waals surface area contributed by atoms with Gasteiger partial charge in [-0.2, -0.15) is 0 Å². The third kappa shape index (κ3) is 6.89. The van der Waals surface area contributed by atoms with Crippen LogP contribution in [-0.4, -0.2) is 37.6 Å². The van der Waals surface area contributed by atoms with Crippen molar-refractivity contribution in [1.82, 2.24) is 4.90 Å². The molecular weight excluding hydrogens is 276 g/mol. The van der Waals surface area contributed by atoms with Crippen molar-refractivity contribution in [3.63, 3.8) is 0 Å². The van der Waals surface area contributed by atoms with Gasteiger partial charge in [0.05, 0.1) is 6.61 Å². The van der Waals surface area contributed by atoms with Crippen molar-refractivity contribution < 1.29 is 9.53 Å². The van der Waals surface area contributed by atoms with Crippen molar-refractivity contribution in [2.24, 2.45) is 11.1 Å². The van der Waals surface area contributed by atoms with Crippen LogP contribution in [0, 0.1) is 5.41 Å². The molecule has 0 fully saturated rings. The summed E-state index contributed by atoms with van der Waals surface area (Å²) < 4.78 is 5.43. The van der Waals surface area contributed by atoms with E-state index < -0.39 is 0 Å². The number of ether oxygens (including phenoxy) is 1. The quantitative estimate of drug-likeness (QED) is 0.839. The van der Waals surface area contributed by atoms with Crippen LogP contribution in [0.3, 0.4) is 0 Å². The number of nitrogens with two attached hydrogens (primary N) is 1. The molecule has 20 heavy (non-hydrogen) atoms. The summed E-state index contributed by atoms with van der Waals surface area (Å²) in [6, 6.07) is 9.82. The first-order valence-corrected chi connectivity index (χ1v) is 6.50. The number of amides is 1. The molecule has 114 valence electrons. The second-order valence-electron chi connectivity index (χ2n) is 5.60. The molecule has 2 N–H and O–H groups in total. The number of carbonyl (C=O) groups excluding carboxylic acids is 1. The Morgan fingerprint density at radius 3 is 2.45 bits per heavy atom. The second-order valence-corrected chi connectivity index (χ2v) is 5.60. The molecule has 0 spiro atoms. The van der Waals surface area contributed by atoms with Gasteiger partial charge in [-0.05, 0) is 17.5 Å². The van der Waals surface area contributed by atoms with Gasteiger partial charge >= 0.3 is 0 Å². The summed E-state index contributed by atoms with van der Waals surface area (Å²) >= 11 is 0. The molecule has 0 bridgehead atoms. The molecule has 0 aliphatic heterocycles. The van der Waals surface area contributed by atoms with Crippen LogP contribution in [0.4, 0.5) is 0 Å². The summed E-state index contributed by atoms with van der Waals surface area (Å²) in [6.07, 6.45) is 0. The fraction of sp³-hybridized carbons (Fsp3) is 0.533. The van der Waals surface area contributed by atoms with Gasteiger partial charge < -0.3 is 15.4 Å². The zero-order valence-electron chi connectivity index (χ0n) is 12.5. The Morgan fingerprint density at radius 2 is 1.90 bits per heavy atom. The maximum atomic E-state index is 11.9. The van der Waals surface area contributed by atoms with E-state index in [2.05, 4.69) is 0 Å². The van der Waals surface area contributed by atoms with Gasteiger partial charge in [-0.1, -0.05) is 44.2 Å². The minimum atomic E-state index is -0.0656. The normalized spacial score (nSPS) is 10.8. The summed E-state index contributed by atoms with van der Waals surface area (Å²) in [7, 11) is 1.78. The molecule has 0 unspecified atom stereocenters. The van der Waals surface area contributed by atoms with Crippen LogP contribution >= 0.6 is 12.4 Å². The number of benzene rings is 1. The lowest BCUT2D eigenvalue weighted by Gasteiger charge is -2.29. The summed E-state index contributed by atoms with van der Waals surface area (Å²) in [4.78, 5) is 13.6. The first kappa shape index (κ1) is 18.9. The predicted octanol–water partition coefficient (Wildman–Crippen LogP) is 2.07. The Morgan fingerprint density at radius 1 is 1.30 bits per heavy atom. The average Bonchev–Trinajstić information content (AvgIpc) is 2.39. The Labute approximate surface area is 127 Å². The molecule has 0 aromatic heterocycles. The van der Waals surface area contributed by atoms with E-state index in [1.54, 1.807) is 11.9 Å². The highest BCUT2D eigenvalue weighted by molar-refractivity contribution is 5.85. The van der Waals surface area contributed by atoms with Crippen LogP contribution < -0.4 is 5.73 Å². The monoisotopic (exact) mass is 300 g/mol. The molecule has 0 heterocycles. The van der Waals surface area contributed by atoms with Crippen molar-refractivity contribution in [1.29, 1.82) is 0 Å². The SMILES string of the molecule is CN(CC(C)(C)CN)C(=O)COCc1ccccc1.Cl. The van der Waals surface area contributed by atoms with E-state index in [1.165, 1.54) is 0 Å². The van der Waals surface area contributed by atoms with Crippen molar-refractivity contribution in [3.8, 4) is 0 Å². The topological polar surface area (TPSA) is 55.6 Å². The van der Waals surface area contributed by atoms with Crippen LogP contribution in [0.2, 0.25) is 0 Å². The molecule has 0 saturated carbocycles. The highest BCUT2D eigenvalue weighted by atomic mass is 35.5. The summed E-state index contributed by atoms with van der Waals surface area (Å²) in [5.41, 5.74) is 6.67. The van der Waals surface area contributed by atoms with Gasteiger partial charge in [0.25, 0.3) is 0 Å². The number of nitrogens with zero attached hydrogens (tertiary/aromatic N) is 1. The smallest absolute Gasteiger partial charge is 0.248 e. The Balaban J connectivity index is 0.00000361. The minimum absolute atomic E-state index is 0. The zero-order valence-corrected chi connectivity index (χ0v) is 13.3. The highest BCUT2D eigenvalue weighted by Crippen LogP contribution is 2.13. The molecule has 1 aromatic carbocycles. The predicted molar refractivity (Wildman–Crippen MR) is 83.8 cm³/mol. The van der Waals surface area contributed by atoms with E-state index in [9.17, 15) is 4.79 Å².